The molecular formula is C14H17F3N2O2. The fraction of sp³-hybridized carbons (Fsp3) is 0.500. The van der Waals surface area contributed by atoms with E-state index in [2.05, 4.69) is 0 Å². The zero-order valence-electron chi connectivity index (χ0n) is 11.4. The SMILES string of the molecule is NCCC1COCC(=O)N1Cc1ccc(C(F)(F)F)cc1. The van der Waals surface area contributed by atoms with Gasteiger partial charge in [-0.15, -0.1) is 0 Å². The highest BCUT2D eigenvalue weighted by atomic mass is 19.4. The molecule has 1 atom stereocenters. The first kappa shape index (κ1) is 15.8. The van der Waals surface area contributed by atoms with E-state index < -0.39 is 11.7 Å². The third kappa shape index (κ3) is 3.95. The first-order chi connectivity index (χ1) is 9.91. The Morgan fingerprint density at radius 2 is 1.95 bits per heavy atom. The lowest BCUT2D eigenvalue weighted by Crippen LogP contribution is -2.49. The Labute approximate surface area is 120 Å². The number of halogens is 3. The van der Waals surface area contributed by atoms with Crippen molar-refractivity contribution in [1.29, 1.82) is 0 Å². The van der Waals surface area contributed by atoms with Gasteiger partial charge in [0, 0.05) is 6.54 Å². The fourth-order valence-electron chi connectivity index (χ4n) is 2.30. The zero-order valence-corrected chi connectivity index (χ0v) is 11.4. The van der Waals surface area contributed by atoms with Crippen LogP contribution in [0, 0.1) is 0 Å². The second kappa shape index (κ2) is 6.44. The quantitative estimate of drug-likeness (QED) is 0.922. The molecule has 0 saturated carbocycles. The molecule has 116 valence electrons. The van der Waals surface area contributed by atoms with Crippen LogP contribution in [0.25, 0.3) is 0 Å². The Balaban J connectivity index is 2.09. The second-order valence-electron chi connectivity index (χ2n) is 4.96. The molecule has 1 aliphatic rings. The van der Waals surface area contributed by atoms with Gasteiger partial charge in [0.15, 0.2) is 0 Å². The van der Waals surface area contributed by atoms with Crippen LogP contribution in [0.1, 0.15) is 17.5 Å². The van der Waals surface area contributed by atoms with Crippen molar-refractivity contribution in [2.24, 2.45) is 5.73 Å². The van der Waals surface area contributed by atoms with Crippen LogP contribution in [-0.2, 0) is 22.3 Å². The number of carbonyl (C=O) groups excluding carboxylic acids is 1. The minimum Gasteiger partial charge on any atom is -0.369 e. The predicted octanol–water partition coefficient (Wildman–Crippen LogP) is 1.78. The molecule has 2 rings (SSSR count). The molecule has 0 radical (unpaired) electrons. The highest BCUT2D eigenvalue weighted by Gasteiger charge is 2.31. The average molecular weight is 302 g/mol. The van der Waals surface area contributed by atoms with Gasteiger partial charge in [0.2, 0.25) is 5.91 Å². The van der Waals surface area contributed by atoms with Gasteiger partial charge in [-0.1, -0.05) is 12.1 Å². The van der Waals surface area contributed by atoms with E-state index in [9.17, 15) is 18.0 Å². The van der Waals surface area contributed by atoms with Crippen LogP contribution in [0.4, 0.5) is 13.2 Å². The van der Waals surface area contributed by atoms with Crippen molar-refractivity contribution >= 4 is 5.91 Å². The molecule has 0 aromatic heterocycles. The first-order valence-electron chi connectivity index (χ1n) is 6.65. The highest BCUT2D eigenvalue weighted by molar-refractivity contribution is 5.78. The topological polar surface area (TPSA) is 55.6 Å². The van der Waals surface area contributed by atoms with Gasteiger partial charge in [-0.2, -0.15) is 13.2 Å². The fourth-order valence-corrected chi connectivity index (χ4v) is 2.30. The lowest BCUT2D eigenvalue weighted by molar-refractivity contribution is -0.149. The molecule has 7 heteroatoms. The van der Waals surface area contributed by atoms with E-state index in [4.69, 9.17) is 10.5 Å². The largest absolute Gasteiger partial charge is 0.416 e. The van der Waals surface area contributed by atoms with E-state index in [0.717, 1.165) is 12.1 Å². The minimum absolute atomic E-state index is 0.00169. The molecule has 1 fully saturated rings. The van der Waals surface area contributed by atoms with Gasteiger partial charge in [-0.05, 0) is 30.7 Å². The van der Waals surface area contributed by atoms with Gasteiger partial charge in [-0.25, -0.2) is 0 Å². The summed E-state index contributed by atoms with van der Waals surface area (Å²) >= 11 is 0. The summed E-state index contributed by atoms with van der Waals surface area (Å²) in [6.45, 7) is 1.10. The lowest BCUT2D eigenvalue weighted by atomic mass is 10.1. The summed E-state index contributed by atoms with van der Waals surface area (Å²) in [4.78, 5) is 13.5. The Kier molecular flexibility index (Phi) is 4.84. The van der Waals surface area contributed by atoms with Gasteiger partial charge in [0.1, 0.15) is 6.61 Å². The van der Waals surface area contributed by atoms with Crippen LogP contribution in [-0.4, -0.2) is 36.6 Å². The Morgan fingerprint density at radius 3 is 2.52 bits per heavy atom. The summed E-state index contributed by atoms with van der Waals surface area (Å²) < 4.78 is 42.7. The zero-order chi connectivity index (χ0) is 15.5. The van der Waals surface area contributed by atoms with E-state index in [0.29, 0.717) is 25.1 Å². The normalized spacial score (nSPS) is 19.9. The number of carbonyl (C=O) groups is 1. The molecule has 1 heterocycles. The maximum Gasteiger partial charge on any atom is 0.416 e. The third-order valence-corrected chi connectivity index (χ3v) is 3.43. The highest BCUT2D eigenvalue weighted by Crippen LogP contribution is 2.29. The lowest BCUT2D eigenvalue weighted by Gasteiger charge is -2.35. The molecule has 4 nitrogen and oxygen atoms in total. The van der Waals surface area contributed by atoms with E-state index in [1.807, 2.05) is 0 Å². The Bertz CT molecular complexity index is 486. The van der Waals surface area contributed by atoms with Crippen molar-refractivity contribution in [3.8, 4) is 0 Å². The van der Waals surface area contributed by atoms with E-state index >= 15 is 0 Å². The predicted molar refractivity (Wildman–Crippen MR) is 70.3 cm³/mol. The molecule has 1 aliphatic heterocycles. The maximum atomic E-state index is 12.5. The van der Waals surface area contributed by atoms with Crippen molar-refractivity contribution in [1.82, 2.24) is 4.90 Å². The summed E-state index contributed by atoms with van der Waals surface area (Å²) in [5.41, 5.74) is 5.47. The van der Waals surface area contributed by atoms with E-state index in [-0.39, 0.29) is 25.1 Å². The molecule has 21 heavy (non-hydrogen) atoms. The second-order valence-corrected chi connectivity index (χ2v) is 4.96. The van der Waals surface area contributed by atoms with Crippen LogP contribution in [0.2, 0.25) is 0 Å². The van der Waals surface area contributed by atoms with E-state index in [1.54, 1.807) is 4.90 Å². The van der Waals surface area contributed by atoms with E-state index in [1.165, 1.54) is 12.1 Å². The van der Waals surface area contributed by atoms with Gasteiger partial charge in [0.25, 0.3) is 0 Å². The number of alkyl halides is 3. The molecular weight excluding hydrogens is 285 g/mol. The molecule has 1 saturated heterocycles. The third-order valence-electron chi connectivity index (χ3n) is 3.43. The summed E-state index contributed by atoms with van der Waals surface area (Å²) in [6, 6.07) is 4.71. The maximum absolute atomic E-state index is 12.5. The molecule has 0 bridgehead atoms. The van der Waals surface area contributed by atoms with Crippen molar-refractivity contribution in [3.63, 3.8) is 0 Å². The van der Waals surface area contributed by atoms with Crippen molar-refractivity contribution < 1.29 is 22.7 Å². The monoisotopic (exact) mass is 302 g/mol. The van der Waals surface area contributed by atoms with Gasteiger partial charge in [0.05, 0.1) is 18.2 Å². The number of benzene rings is 1. The first-order valence-corrected chi connectivity index (χ1v) is 6.65. The number of morpholine rings is 1. The molecule has 1 amide bonds. The molecule has 0 spiro atoms. The summed E-state index contributed by atoms with van der Waals surface area (Å²) in [6.07, 6.45) is -3.75. The number of rotatable bonds is 4. The molecule has 1 unspecified atom stereocenters. The summed E-state index contributed by atoms with van der Waals surface area (Å²) in [5, 5.41) is 0. The number of nitrogens with two attached hydrogens (primary N) is 1. The number of ether oxygens (including phenoxy) is 1. The molecule has 1 aromatic rings. The average Bonchev–Trinajstić information content (AvgIpc) is 2.42. The minimum atomic E-state index is -4.35. The molecule has 0 aliphatic carbocycles. The Hall–Kier alpha value is -1.60. The smallest absolute Gasteiger partial charge is 0.369 e. The van der Waals surface area contributed by atoms with Gasteiger partial charge >= 0.3 is 6.18 Å². The Morgan fingerprint density at radius 1 is 1.29 bits per heavy atom. The number of amides is 1. The van der Waals surface area contributed by atoms with Gasteiger partial charge < -0.3 is 15.4 Å². The molecule has 2 N–H and O–H groups in total. The van der Waals surface area contributed by atoms with Crippen molar-refractivity contribution in [2.75, 3.05) is 19.8 Å². The molecule has 1 aromatic carbocycles. The van der Waals surface area contributed by atoms with Crippen LogP contribution in [0.3, 0.4) is 0 Å². The number of hydrogen-bond acceptors (Lipinski definition) is 3. The summed E-state index contributed by atoms with van der Waals surface area (Å²) in [5.74, 6) is -0.167. The van der Waals surface area contributed by atoms with Crippen LogP contribution < -0.4 is 5.73 Å². The standard InChI is InChI=1S/C14H17F3N2O2/c15-14(16,17)11-3-1-10(2-4-11)7-19-12(5-6-18)8-21-9-13(19)20/h1-4,12H,5-9,18H2. The van der Waals surface area contributed by atoms with Gasteiger partial charge in [-0.3, -0.25) is 4.79 Å². The van der Waals surface area contributed by atoms with Crippen LogP contribution >= 0.6 is 0 Å². The number of nitrogens with zero attached hydrogens (tertiary/aromatic N) is 1. The summed E-state index contributed by atoms with van der Waals surface area (Å²) in [7, 11) is 0. The van der Waals surface area contributed by atoms with Crippen molar-refractivity contribution in [2.45, 2.75) is 25.2 Å². The van der Waals surface area contributed by atoms with Crippen LogP contribution in [0.15, 0.2) is 24.3 Å². The van der Waals surface area contributed by atoms with Crippen molar-refractivity contribution in [3.05, 3.63) is 35.4 Å². The number of hydrogen-bond donors (Lipinski definition) is 1. The van der Waals surface area contributed by atoms with Crippen LogP contribution in [0.5, 0.6) is 0 Å².